The number of carboxylic acids is 1. The number of aromatic hydroxyl groups is 1. The summed E-state index contributed by atoms with van der Waals surface area (Å²) in [5.41, 5.74) is 2.16. The number of aromatic carboxylic acids is 1. The summed E-state index contributed by atoms with van der Waals surface area (Å²) >= 11 is 0. The second kappa shape index (κ2) is 4.90. The molecule has 104 valence electrons. The van der Waals surface area contributed by atoms with E-state index >= 15 is 0 Å². The van der Waals surface area contributed by atoms with Crippen LogP contribution in [-0.4, -0.2) is 21.2 Å². The topological polar surface area (TPSA) is 70.4 Å². The van der Waals surface area contributed by atoms with Gasteiger partial charge in [-0.25, -0.2) is 9.78 Å². The Morgan fingerprint density at radius 2 is 1.62 bits per heavy atom. The van der Waals surface area contributed by atoms with Crippen LogP contribution in [0.1, 0.15) is 16.1 Å². The van der Waals surface area contributed by atoms with Crippen molar-refractivity contribution in [1.82, 2.24) is 4.98 Å². The fraction of sp³-hybridized carbons (Fsp3) is 0.0588. The molecule has 0 aliphatic rings. The summed E-state index contributed by atoms with van der Waals surface area (Å²) in [6, 6.07) is 14.8. The van der Waals surface area contributed by atoms with E-state index in [1.54, 1.807) is 12.1 Å². The quantitative estimate of drug-likeness (QED) is 0.751. The van der Waals surface area contributed by atoms with Gasteiger partial charge in [0.1, 0.15) is 0 Å². The number of pyridine rings is 1. The number of fused-ring (bicyclic) bond motifs is 1. The highest BCUT2D eigenvalue weighted by molar-refractivity contribution is 6.04. The Morgan fingerprint density at radius 1 is 1.00 bits per heavy atom. The van der Waals surface area contributed by atoms with Gasteiger partial charge in [-0.3, -0.25) is 0 Å². The minimum atomic E-state index is -1.24. The van der Waals surface area contributed by atoms with Crippen molar-refractivity contribution < 1.29 is 15.0 Å². The summed E-state index contributed by atoms with van der Waals surface area (Å²) in [6.45, 7) is 1.98. The van der Waals surface area contributed by atoms with E-state index in [0.717, 1.165) is 16.5 Å². The van der Waals surface area contributed by atoms with Gasteiger partial charge in [0.25, 0.3) is 0 Å². The maximum Gasteiger partial charge on any atom is 0.358 e. The first kappa shape index (κ1) is 13.1. The van der Waals surface area contributed by atoms with Crippen LogP contribution < -0.4 is 0 Å². The van der Waals surface area contributed by atoms with E-state index in [0.29, 0.717) is 11.1 Å². The molecule has 4 heteroatoms. The maximum absolute atomic E-state index is 11.3. The van der Waals surface area contributed by atoms with Crippen molar-refractivity contribution in [3.8, 4) is 17.0 Å². The molecule has 21 heavy (non-hydrogen) atoms. The second-order valence-electron chi connectivity index (χ2n) is 4.87. The summed E-state index contributed by atoms with van der Waals surface area (Å²) in [5, 5.41) is 20.5. The standard InChI is InChI=1S/C17H13NO3/c1-10-6-8-11(9-7-10)14-12-4-2-3-5-13(12)16(19)15(18-14)17(20)21/h2-9,19H,1H3,(H,20,21). The Bertz CT molecular complexity index is 839. The van der Waals surface area contributed by atoms with Crippen molar-refractivity contribution in [2.75, 3.05) is 0 Å². The van der Waals surface area contributed by atoms with Crippen LogP contribution in [0.2, 0.25) is 0 Å². The fourth-order valence-corrected chi connectivity index (χ4v) is 2.33. The molecule has 0 atom stereocenters. The van der Waals surface area contributed by atoms with Crippen molar-refractivity contribution in [2.24, 2.45) is 0 Å². The minimum absolute atomic E-state index is 0.297. The Kier molecular flexibility index (Phi) is 3.06. The summed E-state index contributed by atoms with van der Waals surface area (Å²) in [7, 11) is 0. The predicted molar refractivity (Wildman–Crippen MR) is 80.5 cm³/mol. The first-order chi connectivity index (χ1) is 10.1. The van der Waals surface area contributed by atoms with E-state index in [9.17, 15) is 15.0 Å². The normalized spacial score (nSPS) is 10.7. The van der Waals surface area contributed by atoms with Crippen LogP contribution in [0.5, 0.6) is 5.75 Å². The third kappa shape index (κ3) is 2.21. The van der Waals surface area contributed by atoms with Crippen LogP contribution in [0, 0.1) is 6.92 Å². The lowest BCUT2D eigenvalue weighted by molar-refractivity contribution is 0.0687. The number of hydrogen-bond acceptors (Lipinski definition) is 3. The molecule has 0 saturated carbocycles. The first-order valence-corrected chi connectivity index (χ1v) is 6.50. The molecule has 3 aromatic rings. The molecule has 0 aliphatic heterocycles. The molecule has 0 radical (unpaired) electrons. The SMILES string of the molecule is Cc1ccc(-c2nc(C(=O)O)c(O)c3ccccc23)cc1. The molecule has 0 unspecified atom stereocenters. The largest absolute Gasteiger partial charge is 0.505 e. The molecule has 1 heterocycles. The Labute approximate surface area is 121 Å². The molecule has 0 saturated heterocycles. The van der Waals surface area contributed by atoms with Gasteiger partial charge in [0.05, 0.1) is 5.69 Å². The van der Waals surface area contributed by atoms with Crippen LogP contribution in [-0.2, 0) is 0 Å². The van der Waals surface area contributed by atoms with Crippen LogP contribution in [0.25, 0.3) is 22.0 Å². The summed E-state index contributed by atoms with van der Waals surface area (Å²) < 4.78 is 0. The van der Waals surface area contributed by atoms with Gasteiger partial charge in [-0.1, -0.05) is 54.1 Å². The first-order valence-electron chi connectivity index (χ1n) is 6.50. The molecule has 2 N–H and O–H groups in total. The van der Waals surface area contributed by atoms with Gasteiger partial charge in [0, 0.05) is 16.3 Å². The molecular weight excluding hydrogens is 266 g/mol. The van der Waals surface area contributed by atoms with Crippen LogP contribution >= 0.6 is 0 Å². The number of rotatable bonds is 2. The Hall–Kier alpha value is -2.88. The number of aryl methyl sites for hydroxylation is 1. The van der Waals surface area contributed by atoms with E-state index in [2.05, 4.69) is 4.98 Å². The highest BCUT2D eigenvalue weighted by Gasteiger charge is 2.18. The number of carbonyl (C=O) groups is 1. The minimum Gasteiger partial charge on any atom is -0.505 e. The van der Waals surface area contributed by atoms with Gasteiger partial charge in [-0.15, -0.1) is 0 Å². The summed E-state index contributed by atoms with van der Waals surface area (Å²) in [5.74, 6) is -1.54. The highest BCUT2D eigenvalue weighted by atomic mass is 16.4. The molecule has 1 aromatic heterocycles. The van der Waals surface area contributed by atoms with Crippen LogP contribution in [0.3, 0.4) is 0 Å². The second-order valence-corrected chi connectivity index (χ2v) is 4.87. The smallest absolute Gasteiger partial charge is 0.358 e. The molecule has 0 aliphatic carbocycles. The van der Waals surface area contributed by atoms with Crippen molar-refractivity contribution in [3.05, 3.63) is 59.8 Å². The lowest BCUT2D eigenvalue weighted by Crippen LogP contribution is -2.03. The van der Waals surface area contributed by atoms with Crippen molar-refractivity contribution >= 4 is 16.7 Å². The zero-order valence-corrected chi connectivity index (χ0v) is 11.4. The van der Waals surface area contributed by atoms with Crippen LogP contribution in [0.4, 0.5) is 0 Å². The Balaban J connectivity index is 2.38. The van der Waals surface area contributed by atoms with E-state index in [-0.39, 0.29) is 11.4 Å². The molecule has 2 aromatic carbocycles. The fourth-order valence-electron chi connectivity index (χ4n) is 2.33. The third-order valence-electron chi connectivity index (χ3n) is 3.41. The average Bonchev–Trinajstić information content (AvgIpc) is 2.49. The zero-order valence-electron chi connectivity index (χ0n) is 11.4. The van der Waals surface area contributed by atoms with Gasteiger partial charge in [-0.05, 0) is 6.92 Å². The number of carboxylic acid groups (broad SMARTS) is 1. The monoisotopic (exact) mass is 279 g/mol. The molecule has 0 fully saturated rings. The van der Waals surface area contributed by atoms with Crippen molar-refractivity contribution in [3.63, 3.8) is 0 Å². The van der Waals surface area contributed by atoms with Gasteiger partial charge in [0.2, 0.25) is 0 Å². The van der Waals surface area contributed by atoms with Crippen molar-refractivity contribution in [1.29, 1.82) is 0 Å². The lowest BCUT2D eigenvalue weighted by atomic mass is 10.0. The maximum atomic E-state index is 11.3. The van der Waals surface area contributed by atoms with Gasteiger partial charge in [-0.2, -0.15) is 0 Å². The zero-order chi connectivity index (χ0) is 15.0. The Morgan fingerprint density at radius 3 is 2.24 bits per heavy atom. The van der Waals surface area contributed by atoms with Crippen LogP contribution in [0.15, 0.2) is 48.5 Å². The summed E-state index contributed by atoms with van der Waals surface area (Å²) in [6.07, 6.45) is 0. The number of hydrogen-bond donors (Lipinski definition) is 2. The number of aromatic nitrogens is 1. The molecule has 0 amide bonds. The van der Waals surface area contributed by atoms with E-state index in [1.807, 2.05) is 43.3 Å². The van der Waals surface area contributed by atoms with E-state index < -0.39 is 5.97 Å². The molecule has 4 nitrogen and oxygen atoms in total. The molecular formula is C17H13NO3. The summed E-state index contributed by atoms with van der Waals surface area (Å²) in [4.78, 5) is 15.4. The van der Waals surface area contributed by atoms with Gasteiger partial charge in [0.15, 0.2) is 11.4 Å². The third-order valence-corrected chi connectivity index (χ3v) is 3.41. The van der Waals surface area contributed by atoms with Gasteiger partial charge < -0.3 is 10.2 Å². The molecule has 0 spiro atoms. The molecule has 3 rings (SSSR count). The predicted octanol–water partition coefficient (Wildman–Crippen LogP) is 3.61. The number of benzene rings is 2. The average molecular weight is 279 g/mol. The lowest BCUT2D eigenvalue weighted by Gasteiger charge is -2.10. The van der Waals surface area contributed by atoms with Crippen molar-refractivity contribution in [2.45, 2.75) is 6.92 Å². The van der Waals surface area contributed by atoms with E-state index in [1.165, 1.54) is 0 Å². The number of nitrogens with zero attached hydrogens (tertiary/aromatic N) is 1. The van der Waals surface area contributed by atoms with Gasteiger partial charge >= 0.3 is 5.97 Å². The highest BCUT2D eigenvalue weighted by Crippen LogP contribution is 2.34. The van der Waals surface area contributed by atoms with E-state index in [4.69, 9.17) is 0 Å². The molecule has 0 bridgehead atoms.